The van der Waals surface area contributed by atoms with Gasteiger partial charge in [0.15, 0.2) is 0 Å². The molecular formula is C16H14BrN3O2. The van der Waals surface area contributed by atoms with Gasteiger partial charge in [-0.2, -0.15) is 0 Å². The second-order valence-corrected chi connectivity index (χ2v) is 5.92. The number of carbonyl (C=O) groups excluding carboxylic acids is 1. The van der Waals surface area contributed by atoms with Crippen LogP contribution >= 0.6 is 15.9 Å². The summed E-state index contributed by atoms with van der Waals surface area (Å²) in [5.74, 6) is -0.253. The first-order chi connectivity index (χ1) is 10.5. The van der Waals surface area contributed by atoms with Gasteiger partial charge >= 0.3 is 5.69 Å². The molecule has 0 aliphatic heterocycles. The summed E-state index contributed by atoms with van der Waals surface area (Å²) in [6, 6.07) is 13.0. The molecule has 22 heavy (non-hydrogen) atoms. The summed E-state index contributed by atoms with van der Waals surface area (Å²) >= 11 is 3.42. The average molecular weight is 360 g/mol. The van der Waals surface area contributed by atoms with Crippen molar-refractivity contribution in [2.75, 3.05) is 5.32 Å². The Hall–Kier alpha value is -2.34. The van der Waals surface area contributed by atoms with Gasteiger partial charge in [-0.1, -0.05) is 18.2 Å². The number of anilines is 1. The molecule has 1 heterocycles. The maximum absolute atomic E-state index is 12.2. The molecule has 112 valence electrons. The Kier molecular flexibility index (Phi) is 3.85. The number of hydrogen-bond donors (Lipinski definition) is 2. The molecular weight excluding hydrogens is 346 g/mol. The molecule has 1 aromatic heterocycles. The summed E-state index contributed by atoms with van der Waals surface area (Å²) in [6.45, 7) is 1.94. The van der Waals surface area contributed by atoms with E-state index < -0.39 is 0 Å². The smallest absolute Gasteiger partial charge is 0.324 e. The number of aromatic nitrogens is 2. The minimum atomic E-state index is -0.292. The lowest BCUT2D eigenvalue weighted by molar-refractivity contribution is -0.116. The fourth-order valence-electron chi connectivity index (χ4n) is 2.32. The zero-order valence-electron chi connectivity index (χ0n) is 11.9. The summed E-state index contributed by atoms with van der Waals surface area (Å²) < 4.78 is 2.24. The number of amides is 1. The summed E-state index contributed by atoms with van der Waals surface area (Å²) in [5, 5.41) is 2.81. The van der Waals surface area contributed by atoms with Crippen molar-refractivity contribution in [3.05, 3.63) is 63.0 Å². The van der Waals surface area contributed by atoms with Crippen LogP contribution in [0.5, 0.6) is 0 Å². The molecule has 0 saturated heterocycles. The highest BCUT2D eigenvalue weighted by atomic mass is 79.9. The Morgan fingerprint density at radius 3 is 2.82 bits per heavy atom. The molecule has 1 amide bonds. The molecule has 0 aliphatic rings. The predicted molar refractivity (Wildman–Crippen MR) is 90.1 cm³/mol. The van der Waals surface area contributed by atoms with E-state index in [2.05, 4.69) is 26.2 Å². The fraction of sp³-hybridized carbons (Fsp3) is 0.125. The molecule has 3 aromatic rings. The van der Waals surface area contributed by atoms with Gasteiger partial charge in [0.05, 0.1) is 16.7 Å². The molecule has 3 rings (SSSR count). The van der Waals surface area contributed by atoms with Gasteiger partial charge in [-0.25, -0.2) is 4.79 Å². The molecule has 0 saturated carbocycles. The van der Waals surface area contributed by atoms with Gasteiger partial charge in [0.25, 0.3) is 0 Å². The summed E-state index contributed by atoms with van der Waals surface area (Å²) in [4.78, 5) is 26.9. The molecule has 2 N–H and O–H groups in total. The third kappa shape index (κ3) is 2.82. The highest BCUT2D eigenvalue weighted by molar-refractivity contribution is 9.10. The van der Waals surface area contributed by atoms with Gasteiger partial charge in [0, 0.05) is 4.47 Å². The third-order valence-electron chi connectivity index (χ3n) is 3.38. The quantitative estimate of drug-likeness (QED) is 0.754. The van der Waals surface area contributed by atoms with Crippen molar-refractivity contribution in [2.24, 2.45) is 0 Å². The lowest BCUT2D eigenvalue weighted by atomic mass is 10.2. The Morgan fingerprint density at radius 1 is 1.27 bits per heavy atom. The second kappa shape index (κ2) is 5.81. The number of aromatic amines is 1. The Balaban J connectivity index is 1.84. The zero-order valence-corrected chi connectivity index (χ0v) is 13.5. The number of halogens is 1. The second-order valence-electron chi connectivity index (χ2n) is 5.06. The first-order valence-corrected chi connectivity index (χ1v) is 7.57. The fourth-order valence-corrected chi connectivity index (χ4v) is 2.91. The Bertz CT molecular complexity index is 911. The number of nitrogens with one attached hydrogen (secondary N) is 2. The van der Waals surface area contributed by atoms with Crippen molar-refractivity contribution in [3.8, 4) is 0 Å². The van der Waals surface area contributed by atoms with E-state index in [1.165, 1.54) is 4.57 Å². The number of hydrogen-bond acceptors (Lipinski definition) is 2. The molecule has 0 unspecified atom stereocenters. The molecule has 0 atom stereocenters. The lowest BCUT2D eigenvalue weighted by Gasteiger charge is -2.08. The van der Waals surface area contributed by atoms with E-state index >= 15 is 0 Å². The summed E-state index contributed by atoms with van der Waals surface area (Å²) in [5.41, 5.74) is 2.92. The van der Waals surface area contributed by atoms with Crippen LogP contribution in [0.3, 0.4) is 0 Å². The van der Waals surface area contributed by atoms with Crippen molar-refractivity contribution in [1.82, 2.24) is 9.55 Å². The van der Waals surface area contributed by atoms with E-state index in [1.54, 1.807) is 0 Å². The van der Waals surface area contributed by atoms with Crippen LogP contribution in [0.1, 0.15) is 5.56 Å². The van der Waals surface area contributed by atoms with Crippen LogP contribution in [0.25, 0.3) is 11.0 Å². The summed E-state index contributed by atoms with van der Waals surface area (Å²) in [7, 11) is 0. The van der Waals surface area contributed by atoms with E-state index in [0.29, 0.717) is 11.2 Å². The Morgan fingerprint density at radius 2 is 2.05 bits per heavy atom. The number of imidazole rings is 1. The SMILES string of the molecule is Cc1ccc(NC(=O)Cn2c(=O)[nH]c3ccccc32)c(Br)c1. The maximum Gasteiger partial charge on any atom is 0.326 e. The van der Waals surface area contributed by atoms with E-state index in [0.717, 1.165) is 15.6 Å². The average Bonchev–Trinajstić information content (AvgIpc) is 2.78. The molecule has 2 aromatic carbocycles. The van der Waals surface area contributed by atoms with Gasteiger partial charge in [-0.05, 0) is 52.7 Å². The largest absolute Gasteiger partial charge is 0.326 e. The number of aryl methyl sites for hydroxylation is 1. The number of benzene rings is 2. The lowest BCUT2D eigenvalue weighted by Crippen LogP contribution is -2.26. The van der Waals surface area contributed by atoms with Gasteiger partial charge in [0.1, 0.15) is 6.54 Å². The van der Waals surface area contributed by atoms with Crippen LogP contribution in [0.15, 0.2) is 51.7 Å². The minimum Gasteiger partial charge on any atom is -0.324 e. The molecule has 0 radical (unpaired) electrons. The number of rotatable bonds is 3. The van der Waals surface area contributed by atoms with Crippen LogP contribution in [0.2, 0.25) is 0 Å². The highest BCUT2D eigenvalue weighted by Gasteiger charge is 2.11. The van der Waals surface area contributed by atoms with Gasteiger partial charge in [0.2, 0.25) is 5.91 Å². The Labute approximate surface area is 135 Å². The van der Waals surface area contributed by atoms with Crippen molar-refractivity contribution in [1.29, 1.82) is 0 Å². The van der Waals surface area contributed by atoms with E-state index in [4.69, 9.17) is 0 Å². The van der Waals surface area contributed by atoms with E-state index in [-0.39, 0.29) is 18.1 Å². The van der Waals surface area contributed by atoms with Crippen LogP contribution in [-0.4, -0.2) is 15.5 Å². The number of H-pyrrole nitrogens is 1. The molecule has 0 aliphatic carbocycles. The van der Waals surface area contributed by atoms with Gasteiger partial charge in [-0.15, -0.1) is 0 Å². The predicted octanol–water partition coefficient (Wildman–Crippen LogP) is 3.04. The third-order valence-corrected chi connectivity index (χ3v) is 4.04. The van der Waals surface area contributed by atoms with Crippen molar-refractivity contribution >= 4 is 38.6 Å². The number of para-hydroxylation sites is 2. The topological polar surface area (TPSA) is 66.9 Å². The van der Waals surface area contributed by atoms with Crippen LogP contribution < -0.4 is 11.0 Å². The zero-order chi connectivity index (χ0) is 15.7. The van der Waals surface area contributed by atoms with E-state index in [9.17, 15) is 9.59 Å². The van der Waals surface area contributed by atoms with Crippen molar-refractivity contribution in [3.63, 3.8) is 0 Å². The molecule has 0 spiro atoms. The molecule has 0 fully saturated rings. The highest BCUT2D eigenvalue weighted by Crippen LogP contribution is 2.23. The monoisotopic (exact) mass is 359 g/mol. The van der Waals surface area contributed by atoms with Crippen molar-refractivity contribution < 1.29 is 4.79 Å². The standard InChI is InChI=1S/C16H14BrN3O2/c1-10-6-7-12(11(17)8-10)18-15(21)9-20-14-5-3-2-4-13(14)19-16(20)22/h2-8H,9H2,1H3,(H,18,21)(H,19,22). The first kappa shape index (κ1) is 14.6. The van der Waals surface area contributed by atoms with E-state index in [1.807, 2.05) is 49.4 Å². The summed E-state index contributed by atoms with van der Waals surface area (Å²) in [6.07, 6.45) is 0. The minimum absolute atomic E-state index is 0.0385. The van der Waals surface area contributed by atoms with Crippen LogP contribution in [0.4, 0.5) is 5.69 Å². The van der Waals surface area contributed by atoms with Crippen LogP contribution in [0, 0.1) is 6.92 Å². The van der Waals surface area contributed by atoms with Crippen LogP contribution in [-0.2, 0) is 11.3 Å². The van der Waals surface area contributed by atoms with Gasteiger partial charge in [-0.3, -0.25) is 9.36 Å². The van der Waals surface area contributed by atoms with Crippen molar-refractivity contribution in [2.45, 2.75) is 13.5 Å². The number of nitrogens with zero attached hydrogens (tertiary/aromatic N) is 1. The molecule has 6 heteroatoms. The number of carbonyl (C=O) groups is 1. The number of fused-ring (bicyclic) bond motifs is 1. The maximum atomic E-state index is 12.2. The normalized spacial score (nSPS) is 10.8. The van der Waals surface area contributed by atoms with Gasteiger partial charge < -0.3 is 10.3 Å². The molecule has 0 bridgehead atoms. The molecule has 5 nitrogen and oxygen atoms in total. The first-order valence-electron chi connectivity index (χ1n) is 6.78.